The first-order valence-corrected chi connectivity index (χ1v) is 8.63. The van der Waals surface area contributed by atoms with Crippen LogP contribution in [0.3, 0.4) is 0 Å². The number of anilines is 1. The Bertz CT molecular complexity index is 719. The van der Waals surface area contributed by atoms with Crippen LogP contribution >= 0.6 is 15.9 Å². The quantitative estimate of drug-likeness (QED) is 0.769. The molecule has 0 saturated heterocycles. The predicted octanol–water partition coefficient (Wildman–Crippen LogP) is 4.13. The van der Waals surface area contributed by atoms with Gasteiger partial charge in [0.05, 0.1) is 19.6 Å². The standard InChI is InChI=1S/C18H21BrN2O3/c1-4-23-15-9-13(14(19)11-16(15)24-5-2)10-18(22)21-17-8-12(3)6-7-20-17/h6-9,11H,4-5,10H2,1-3H3,(H,20,21,22). The van der Waals surface area contributed by atoms with Crippen LogP contribution < -0.4 is 14.8 Å². The number of nitrogens with zero attached hydrogens (tertiary/aromatic N) is 1. The summed E-state index contributed by atoms with van der Waals surface area (Å²) in [4.78, 5) is 16.4. The summed E-state index contributed by atoms with van der Waals surface area (Å²) in [6.45, 7) is 6.86. The molecule has 0 bridgehead atoms. The van der Waals surface area contributed by atoms with Crippen molar-refractivity contribution in [2.24, 2.45) is 0 Å². The summed E-state index contributed by atoms with van der Waals surface area (Å²) in [6, 6.07) is 7.38. The molecular weight excluding hydrogens is 372 g/mol. The van der Waals surface area contributed by atoms with Gasteiger partial charge in [0.1, 0.15) is 5.82 Å². The van der Waals surface area contributed by atoms with Gasteiger partial charge in [-0.3, -0.25) is 4.79 Å². The van der Waals surface area contributed by atoms with Crippen molar-refractivity contribution in [2.75, 3.05) is 18.5 Å². The zero-order valence-electron chi connectivity index (χ0n) is 14.1. The van der Waals surface area contributed by atoms with Gasteiger partial charge in [-0.1, -0.05) is 15.9 Å². The van der Waals surface area contributed by atoms with E-state index in [1.165, 1.54) is 0 Å². The van der Waals surface area contributed by atoms with E-state index in [-0.39, 0.29) is 12.3 Å². The number of pyridine rings is 1. The minimum atomic E-state index is -0.139. The van der Waals surface area contributed by atoms with Crippen LogP contribution in [0.5, 0.6) is 11.5 Å². The van der Waals surface area contributed by atoms with Crippen molar-refractivity contribution in [1.29, 1.82) is 0 Å². The fraction of sp³-hybridized carbons (Fsp3) is 0.333. The Hall–Kier alpha value is -2.08. The Balaban J connectivity index is 2.15. The second-order valence-electron chi connectivity index (χ2n) is 5.20. The third kappa shape index (κ3) is 4.96. The summed E-state index contributed by atoms with van der Waals surface area (Å²) in [5.74, 6) is 1.71. The molecule has 0 aliphatic rings. The van der Waals surface area contributed by atoms with E-state index < -0.39 is 0 Å². The maximum Gasteiger partial charge on any atom is 0.229 e. The third-order valence-corrected chi connectivity index (χ3v) is 3.98. The number of carbonyl (C=O) groups is 1. The molecule has 1 aromatic carbocycles. The van der Waals surface area contributed by atoms with Crippen LogP contribution in [0, 0.1) is 6.92 Å². The summed E-state index contributed by atoms with van der Waals surface area (Å²) >= 11 is 3.50. The number of amides is 1. The number of halogens is 1. The van der Waals surface area contributed by atoms with Gasteiger partial charge in [-0.05, 0) is 56.2 Å². The van der Waals surface area contributed by atoms with Gasteiger partial charge >= 0.3 is 0 Å². The van der Waals surface area contributed by atoms with E-state index in [2.05, 4.69) is 26.2 Å². The lowest BCUT2D eigenvalue weighted by Gasteiger charge is -2.14. The fourth-order valence-electron chi connectivity index (χ4n) is 2.21. The van der Waals surface area contributed by atoms with E-state index in [4.69, 9.17) is 9.47 Å². The highest BCUT2D eigenvalue weighted by molar-refractivity contribution is 9.10. The lowest BCUT2D eigenvalue weighted by molar-refractivity contribution is -0.115. The molecule has 2 aromatic rings. The number of benzene rings is 1. The number of carbonyl (C=O) groups excluding carboxylic acids is 1. The molecule has 6 heteroatoms. The van der Waals surface area contributed by atoms with E-state index in [1.807, 2.05) is 45.0 Å². The van der Waals surface area contributed by atoms with Crippen LogP contribution in [0.1, 0.15) is 25.0 Å². The van der Waals surface area contributed by atoms with Gasteiger partial charge in [0, 0.05) is 10.7 Å². The van der Waals surface area contributed by atoms with Crippen molar-refractivity contribution >= 4 is 27.7 Å². The topological polar surface area (TPSA) is 60.5 Å². The molecule has 2 rings (SSSR count). The largest absolute Gasteiger partial charge is 0.490 e. The maximum absolute atomic E-state index is 12.3. The molecule has 24 heavy (non-hydrogen) atoms. The van der Waals surface area contributed by atoms with E-state index in [0.29, 0.717) is 30.5 Å². The molecule has 0 radical (unpaired) electrons. The van der Waals surface area contributed by atoms with Gasteiger partial charge in [0.2, 0.25) is 5.91 Å². The maximum atomic E-state index is 12.3. The SMILES string of the molecule is CCOc1cc(Br)c(CC(=O)Nc2cc(C)ccn2)cc1OCC. The van der Waals surface area contributed by atoms with Gasteiger partial charge in [0.15, 0.2) is 11.5 Å². The molecule has 0 unspecified atom stereocenters. The average Bonchev–Trinajstić information content (AvgIpc) is 2.52. The smallest absolute Gasteiger partial charge is 0.229 e. The Morgan fingerprint density at radius 3 is 2.46 bits per heavy atom. The fourth-order valence-corrected chi connectivity index (χ4v) is 2.68. The molecule has 0 spiro atoms. The number of rotatable bonds is 7. The number of ether oxygens (including phenoxy) is 2. The molecule has 128 valence electrons. The summed E-state index contributed by atoms with van der Waals surface area (Å²) in [7, 11) is 0. The molecule has 1 N–H and O–H groups in total. The number of nitrogens with one attached hydrogen (secondary N) is 1. The van der Waals surface area contributed by atoms with Gasteiger partial charge in [-0.15, -0.1) is 0 Å². The van der Waals surface area contributed by atoms with Gasteiger partial charge < -0.3 is 14.8 Å². The summed E-state index contributed by atoms with van der Waals surface area (Å²) in [5, 5.41) is 2.81. The van der Waals surface area contributed by atoms with Crippen LogP contribution in [0.15, 0.2) is 34.9 Å². The molecular formula is C18H21BrN2O3. The Morgan fingerprint density at radius 2 is 1.83 bits per heavy atom. The second-order valence-corrected chi connectivity index (χ2v) is 6.05. The number of hydrogen-bond donors (Lipinski definition) is 1. The molecule has 0 fully saturated rings. The van der Waals surface area contributed by atoms with Crippen LogP contribution in [0.2, 0.25) is 0 Å². The zero-order valence-corrected chi connectivity index (χ0v) is 15.6. The summed E-state index contributed by atoms with van der Waals surface area (Å²) < 4.78 is 12.0. The molecule has 1 aromatic heterocycles. The van der Waals surface area contributed by atoms with Crippen molar-refractivity contribution in [1.82, 2.24) is 4.98 Å². The Morgan fingerprint density at radius 1 is 1.17 bits per heavy atom. The Kier molecular flexibility index (Phi) is 6.61. The van der Waals surface area contributed by atoms with Crippen LogP contribution in [-0.2, 0) is 11.2 Å². The van der Waals surface area contributed by atoms with E-state index in [9.17, 15) is 4.79 Å². The monoisotopic (exact) mass is 392 g/mol. The molecule has 0 aliphatic carbocycles. The van der Waals surface area contributed by atoms with Crippen molar-refractivity contribution in [2.45, 2.75) is 27.2 Å². The van der Waals surface area contributed by atoms with Crippen molar-refractivity contribution in [3.8, 4) is 11.5 Å². The minimum absolute atomic E-state index is 0.139. The van der Waals surface area contributed by atoms with Crippen molar-refractivity contribution in [3.05, 3.63) is 46.1 Å². The number of hydrogen-bond acceptors (Lipinski definition) is 4. The molecule has 1 amide bonds. The molecule has 0 atom stereocenters. The van der Waals surface area contributed by atoms with Gasteiger partial charge in [0.25, 0.3) is 0 Å². The first-order valence-electron chi connectivity index (χ1n) is 7.84. The first kappa shape index (κ1) is 18.3. The van der Waals surface area contributed by atoms with Gasteiger partial charge in [-0.25, -0.2) is 4.98 Å². The molecule has 0 saturated carbocycles. The molecule has 5 nitrogen and oxygen atoms in total. The molecule has 0 aliphatic heterocycles. The predicted molar refractivity (Wildman–Crippen MR) is 97.8 cm³/mol. The zero-order chi connectivity index (χ0) is 17.5. The highest BCUT2D eigenvalue weighted by Crippen LogP contribution is 2.34. The van der Waals surface area contributed by atoms with Crippen LogP contribution in [-0.4, -0.2) is 24.1 Å². The lowest BCUT2D eigenvalue weighted by atomic mass is 10.1. The number of aromatic nitrogens is 1. The van der Waals surface area contributed by atoms with E-state index in [0.717, 1.165) is 15.6 Å². The normalized spacial score (nSPS) is 10.3. The van der Waals surface area contributed by atoms with Crippen LogP contribution in [0.4, 0.5) is 5.82 Å². The second kappa shape index (κ2) is 8.68. The minimum Gasteiger partial charge on any atom is -0.490 e. The van der Waals surface area contributed by atoms with E-state index in [1.54, 1.807) is 6.20 Å². The van der Waals surface area contributed by atoms with Gasteiger partial charge in [-0.2, -0.15) is 0 Å². The van der Waals surface area contributed by atoms with Crippen molar-refractivity contribution in [3.63, 3.8) is 0 Å². The lowest BCUT2D eigenvalue weighted by Crippen LogP contribution is -2.16. The van der Waals surface area contributed by atoms with Crippen LogP contribution in [0.25, 0.3) is 0 Å². The highest BCUT2D eigenvalue weighted by Gasteiger charge is 2.14. The molecule has 1 heterocycles. The van der Waals surface area contributed by atoms with Crippen molar-refractivity contribution < 1.29 is 14.3 Å². The summed E-state index contributed by atoms with van der Waals surface area (Å²) in [5.41, 5.74) is 1.87. The Labute approximate surface area is 150 Å². The van der Waals surface area contributed by atoms with E-state index >= 15 is 0 Å². The number of aryl methyl sites for hydroxylation is 1. The first-order chi connectivity index (χ1) is 11.5. The average molecular weight is 393 g/mol. The highest BCUT2D eigenvalue weighted by atomic mass is 79.9. The summed E-state index contributed by atoms with van der Waals surface area (Å²) in [6.07, 6.45) is 1.88. The third-order valence-electron chi connectivity index (χ3n) is 3.25.